The van der Waals surface area contributed by atoms with Crippen LogP contribution in [0, 0.1) is 0 Å². The zero-order valence-corrected chi connectivity index (χ0v) is 18.3. The van der Waals surface area contributed by atoms with Crippen molar-refractivity contribution >= 4 is 11.8 Å². The Morgan fingerprint density at radius 2 is 1.87 bits per heavy atom. The van der Waals surface area contributed by atoms with Gasteiger partial charge in [-0.15, -0.1) is 0 Å². The number of carbonyl (C=O) groups is 2. The average Bonchev–Trinajstić information content (AvgIpc) is 3.33. The van der Waals surface area contributed by atoms with Gasteiger partial charge in [0.1, 0.15) is 11.5 Å². The zero-order chi connectivity index (χ0) is 21.9. The molecule has 1 atom stereocenters. The number of amides is 2. The Labute approximate surface area is 184 Å². The van der Waals surface area contributed by atoms with Crippen LogP contribution in [0.2, 0.25) is 0 Å². The number of piperidine rings is 1. The Morgan fingerprint density at radius 3 is 2.55 bits per heavy atom. The molecule has 2 heterocycles. The average molecular weight is 428 g/mol. The van der Waals surface area contributed by atoms with Crippen LogP contribution in [0.3, 0.4) is 0 Å². The van der Waals surface area contributed by atoms with E-state index in [1.54, 1.807) is 30.5 Å². The molecule has 0 saturated carbocycles. The molecule has 2 amide bonds. The molecule has 7 nitrogen and oxygen atoms in total. The molecule has 2 aromatic rings. The van der Waals surface area contributed by atoms with Crippen molar-refractivity contribution in [2.75, 3.05) is 32.8 Å². The molecule has 1 saturated heterocycles. The lowest BCUT2D eigenvalue weighted by atomic mass is 10.1. The molecule has 0 bridgehead atoms. The highest BCUT2D eigenvalue weighted by molar-refractivity contribution is 5.96. The van der Waals surface area contributed by atoms with E-state index in [-0.39, 0.29) is 24.4 Å². The highest BCUT2D eigenvalue weighted by atomic mass is 16.5. The number of likely N-dealkylation sites (tertiary alicyclic amines) is 1. The fraction of sp³-hybridized carbons (Fsp3) is 0.500. The van der Waals surface area contributed by atoms with E-state index >= 15 is 0 Å². The monoisotopic (exact) mass is 427 g/mol. The van der Waals surface area contributed by atoms with Gasteiger partial charge in [0.05, 0.1) is 25.5 Å². The Kier molecular flexibility index (Phi) is 8.97. The molecule has 0 radical (unpaired) electrons. The number of furan rings is 1. The number of unbranched alkanes of at least 4 members (excludes halogenated alkanes) is 1. The minimum Gasteiger partial charge on any atom is -0.494 e. The van der Waals surface area contributed by atoms with E-state index in [1.165, 1.54) is 6.42 Å². The van der Waals surface area contributed by atoms with Gasteiger partial charge in [0.2, 0.25) is 5.91 Å². The summed E-state index contributed by atoms with van der Waals surface area (Å²) in [6, 6.07) is 10.8. The standard InChI is InChI=1S/C24H33N3O4/c1-2-3-15-30-20-11-9-19(10-12-20)24(29)26-18-23(28)25-17-21(22-8-7-16-31-22)27-13-5-4-6-14-27/h7-12,16,21H,2-6,13-15,17-18H2,1H3,(H,25,28)(H,26,29)/t21-/m1/s1. The maximum Gasteiger partial charge on any atom is 0.251 e. The summed E-state index contributed by atoms with van der Waals surface area (Å²) in [6.07, 6.45) is 7.28. The van der Waals surface area contributed by atoms with Crippen LogP contribution in [0.4, 0.5) is 0 Å². The fourth-order valence-corrected chi connectivity index (χ4v) is 3.69. The van der Waals surface area contributed by atoms with E-state index in [2.05, 4.69) is 22.5 Å². The van der Waals surface area contributed by atoms with Crippen LogP contribution in [-0.4, -0.2) is 49.5 Å². The molecule has 1 aliphatic rings. The molecule has 1 fully saturated rings. The highest BCUT2D eigenvalue weighted by Gasteiger charge is 2.24. The Morgan fingerprint density at radius 1 is 1.10 bits per heavy atom. The van der Waals surface area contributed by atoms with Crippen LogP contribution >= 0.6 is 0 Å². The number of nitrogens with zero attached hydrogens (tertiary/aromatic N) is 1. The predicted molar refractivity (Wildman–Crippen MR) is 119 cm³/mol. The fourth-order valence-electron chi connectivity index (χ4n) is 3.69. The number of nitrogens with one attached hydrogen (secondary N) is 2. The Bertz CT molecular complexity index is 799. The molecule has 0 unspecified atom stereocenters. The molecular formula is C24H33N3O4. The second-order valence-corrected chi connectivity index (χ2v) is 7.84. The molecule has 2 N–H and O–H groups in total. The van der Waals surface area contributed by atoms with Crippen LogP contribution in [0.5, 0.6) is 5.75 Å². The summed E-state index contributed by atoms with van der Waals surface area (Å²) in [5, 5.41) is 5.62. The number of carbonyl (C=O) groups excluding carboxylic acids is 2. The third-order valence-corrected chi connectivity index (χ3v) is 5.49. The van der Waals surface area contributed by atoms with Crippen molar-refractivity contribution in [1.82, 2.24) is 15.5 Å². The molecule has 0 spiro atoms. The van der Waals surface area contributed by atoms with Crippen molar-refractivity contribution in [1.29, 1.82) is 0 Å². The van der Waals surface area contributed by atoms with Crippen LogP contribution in [0.1, 0.15) is 61.2 Å². The van der Waals surface area contributed by atoms with Gasteiger partial charge < -0.3 is 19.8 Å². The van der Waals surface area contributed by atoms with Crippen LogP contribution in [0.15, 0.2) is 47.1 Å². The van der Waals surface area contributed by atoms with Gasteiger partial charge in [-0.25, -0.2) is 0 Å². The van der Waals surface area contributed by atoms with Crippen molar-refractivity contribution in [3.8, 4) is 5.75 Å². The predicted octanol–water partition coefficient (Wildman–Crippen LogP) is 3.53. The largest absolute Gasteiger partial charge is 0.494 e. The molecule has 168 valence electrons. The molecule has 7 heteroatoms. The first-order valence-electron chi connectivity index (χ1n) is 11.2. The van der Waals surface area contributed by atoms with Gasteiger partial charge in [0.15, 0.2) is 0 Å². The number of hydrogen-bond acceptors (Lipinski definition) is 5. The maximum atomic E-state index is 12.3. The van der Waals surface area contributed by atoms with Crippen molar-refractivity contribution < 1.29 is 18.7 Å². The summed E-state index contributed by atoms with van der Waals surface area (Å²) in [5.74, 6) is 1.09. The van der Waals surface area contributed by atoms with Crippen molar-refractivity contribution in [2.24, 2.45) is 0 Å². The van der Waals surface area contributed by atoms with Gasteiger partial charge in [0.25, 0.3) is 5.91 Å². The van der Waals surface area contributed by atoms with Crippen LogP contribution < -0.4 is 15.4 Å². The topological polar surface area (TPSA) is 83.8 Å². The lowest BCUT2D eigenvalue weighted by Gasteiger charge is -2.33. The third-order valence-electron chi connectivity index (χ3n) is 5.49. The summed E-state index contributed by atoms with van der Waals surface area (Å²) < 4.78 is 11.2. The van der Waals surface area contributed by atoms with E-state index in [4.69, 9.17) is 9.15 Å². The van der Waals surface area contributed by atoms with Gasteiger partial charge in [-0.05, 0) is 68.8 Å². The highest BCUT2D eigenvalue weighted by Crippen LogP contribution is 2.24. The van der Waals surface area contributed by atoms with Crippen molar-refractivity contribution in [2.45, 2.75) is 45.1 Å². The second kappa shape index (κ2) is 12.2. The molecule has 3 rings (SSSR count). The summed E-state index contributed by atoms with van der Waals surface area (Å²) in [4.78, 5) is 27.0. The quantitative estimate of drug-likeness (QED) is 0.536. The number of benzene rings is 1. The van der Waals surface area contributed by atoms with Crippen molar-refractivity contribution in [3.63, 3.8) is 0 Å². The van der Waals surface area contributed by atoms with E-state index < -0.39 is 0 Å². The zero-order valence-electron chi connectivity index (χ0n) is 18.3. The van der Waals surface area contributed by atoms with Gasteiger partial charge in [-0.3, -0.25) is 14.5 Å². The Balaban J connectivity index is 1.44. The SMILES string of the molecule is CCCCOc1ccc(C(=O)NCC(=O)NC[C@H](c2ccco2)N2CCCCC2)cc1. The lowest BCUT2D eigenvalue weighted by Crippen LogP contribution is -2.43. The summed E-state index contributed by atoms with van der Waals surface area (Å²) in [6.45, 7) is 5.15. The summed E-state index contributed by atoms with van der Waals surface area (Å²) >= 11 is 0. The van der Waals surface area contributed by atoms with Gasteiger partial charge in [-0.1, -0.05) is 19.8 Å². The van der Waals surface area contributed by atoms with E-state index in [0.717, 1.165) is 50.3 Å². The second-order valence-electron chi connectivity index (χ2n) is 7.84. The molecule has 1 aromatic carbocycles. The number of ether oxygens (including phenoxy) is 1. The Hall–Kier alpha value is -2.80. The normalized spacial score (nSPS) is 15.3. The molecule has 1 aromatic heterocycles. The first-order valence-corrected chi connectivity index (χ1v) is 11.2. The first kappa shape index (κ1) is 22.9. The van der Waals surface area contributed by atoms with Gasteiger partial charge in [-0.2, -0.15) is 0 Å². The van der Waals surface area contributed by atoms with Gasteiger partial charge in [0, 0.05) is 12.1 Å². The summed E-state index contributed by atoms with van der Waals surface area (Å²) in [7, 11) is 0. The molecule has 1 aliphatic heterocycles. The van der Waals surface area contributed by atoms with Crippen LogP contribution in [0.25, 0.3) is 0 Å². The third kappa shape index (κ3) is 7.14. The smallest absolute Gasteiger partial charge is 0.251 e. The van der Waals surface area contributed by atoms with E-state index in [9.17, 15) is 9.59 Å². The first-order chi connectivity index (χ1) is 15.2. The van der Waals surface area contributed by atoms with E-state index in [0.29, 0.717) is 18.7 Å². The maximum absolute atomic E-state index is 12.3. The number of hydrogen-bond donors (Lipinski definition) is 2. The minimum atomic E-state index is -0.283. The van der Waals surface area contributed by atoms with Crippen molar-refractivity contribution in [3.05, 3.63) is 54.0 Å². The van der Waals surface area contributed by atoms with Crippen LogP contribution in [-0.2, 0) is 4.79 Å². The molecule has 31 heavy (non-hydrogen) atoms. The molecule has 0 aliphatic carbocycles. The van der Waals surface area contributed by atoms with Gasteiger partial charge >= 0.3 is 0 Å². The molecular weight excluding hydrogens is 394 g/mol. The summed E-state index contributed by atoms with van der Waals surface area (Å²) in [5.41, 5.74) is 0.498. The lowest BCUT2D eigenvalue weighted by molar-refractivity contribution is -0.120. The number of rotatable bonds is 11. The minimum absolute atomic E-state index is 0.00945. The van der Waals surface area contributed by atoms with E-state index in [1.807, 2.05) is 12.1 Å².